The van der Waals surface area contributed by atoms with Crippen LogP contribution in [0.3, 0.4) is 0 Å². The summed E-state index contributed by atoms with van der Waals surface area (Å²) in [5.41, 5.74) is -0.690. The Labute approximate surface area is 98.8 Å². The van der Waals surface area contributed by atoms with E-state index in [0.29, 0.717) is 0 Å². The third-order valence-corrected chi connectivity index (χ3v) is 4.94. The number of aliphatic hydroxyl groups excluding tert-OH is 1. The summed E-state index contributed by atoms with van der Waals surface area (Å²) in [5, 5.41) is 10.6. The van der Waals surface area contributed by atoms with Crippen LogP contribution in [0.5, 0.6) is 0 Å². The molecule has 0 aromatic carbocycles. The van der Waals surface area contributed by atoms with Gasteiger partial charge < -0.3 is 9.84 Å². The molecular weight excluding hydrogens is 202 g/mol. The van der Waals surface area contributed by atoms with Gasteiger partial charge in [-0.3, -0.25) is 4.90 Å². The van der Waals surface area contributed by atoms with Gasteiger partial charge in [0.05, 0.1) is 12.1 Å². The molecule has 3 heteroatoms. The molecular formula is C13H25NO2. The van der Waals surface area contributed by atoms with Crippen molar-refractivity contribution in [1.82, 2.24) is 4.90 Å². The fourth-order valence-corrected chi connectivity index (χ4v) is 4.14. The number of hydrogen-bond donors (Lipinski definition) is 1. The van der Waals surface area contributed by atoms with Crippen LogP contribution in [0.2, 0.25) is 0 Å². The Balaban J connectivity index is 2.58. The van der Waals surface area contributed by atoms with Crippen LogP contribution in [-0.4, -0.2) is 46.4 Å². The first-order chi connectivity index (χ1) is 7.07. The average molecular weight is 227 g/mol. The second kappa shape index (κ2) is 3.01. The maximum atomic E-state index is 10.6. The quantitative estimate of drug-likeness (QED) is 0.683. The minimum Gasteiger partial charge on any atom is -0.388 e. The van der Waals surface area contributed by atoms with E-state index >= 15 is 0 Å². The molecule has 0 amide bonds. The minimum atomic E-state index is -0.473. The van der Waals surface area contributed by atoms with Crippen LogP contribution in [0.25, 0.3) is 0 Å². The van der Waals surface area contributed by atoms with Gasteiger partial charge in [0.1, 0.15) is 11.7 Å². The van der Waals surface area contributed by atoms with E-state index in [1.165, 1.54) is 0 Å². The van der Waals surface area contributed by atoms with Gasteiger partial charge in [-0.15, -0.1) is 0 Å². The van der Waals surface area contributed by atoms with Crippen LogP contribution in [0, 0.1) is 5.41 Å². The molecule has 0 aliphatic carbocycles. The molecule has 0 aromatic heterocycles. The highest BCUT2D eigenvalue weighted by Crippen LogP contribution is 2.58. The zero-order valence-corrected chi connectivity index (χ0v) is 11.5. The number of likely N-dealkylation sites (tertiary alicyclic amines) is 1. The minimum absolute atomic E-state index is 0.0797. The van der Waals surface area contributed by atoms with Gasteiger partial charge in [0.25, 0.3) is 0 Å². The first kappa shape index (κ1) is 12.3. The van der Waals surface area contributed by atoms with Crippen LogP contribution < -0.4 is 0 Å². The van der Waals surface area contributed by atoms with Crippen LogP contribution in [0.1, 0.15) is 41.5 Å². The summed E-state index contributed by atoms with van der Waals surface area (Å²) < 4.78 is 6.22. The molecule has 94 valence electrons. The van der Waals surface area contributed by atoms with Crippen molar-refractivity contribution in [3.8, 4) is 0 Å². The Bertz CT molecular complexity index is 308. The zero-order chi connectivity index (χ0) is 12.5. The predicted octanol–water partition coefficient (Wildman–Crippen LogP) is 1.64. The number of hydrogen-bond acceptors (Lipinski definition) is 3. The number of rotatable bonds is 0. The zero-order valence-electron chi connectivity index (χ0n) is 11.5. The Morgan fingerprint density at radius 2 is 1.75 bits per heavy atom. The fraction of sp³-hybridized carbons (Fsp3) is 1.00. The second-order valence-corrected chi connectivity index (χ2v) is 6.91. The molecule has 0 spiro atoms. The molecule has 2 bridgehead atoms. The van der Waals surface area contributed by atoms with Crippen molar-refractivity contribution < 1.29 is 9.84 Å². The van der Waals surface area contributed by atoms with Gasteiger partial charge in [0, 0.05) is 5.54 Å². The molecule has 2 aliphatic heterocycles. The lowest BCUT2D eigenvalue weighted by Crippen LogP contribution is -2.66. The molecule has 2 saturated heterocycles. The van der Waals surface area contributed by atoms with Crippen molar-refractivity contribution in [2.24, 2.45) is 5.41 Å². The standard InChI is InChI=1S/C13H25NO2/c1-8-9-10(15)13(16-8,11(2,3)4)12(5,6)14(9)7/h8-10,15H,1-7H3/t8-,9-,10?,13?/m0/s1. The lowest BCUT2D eigenvalue weighted by atomic mass is 9.65. The number of aliphatic hydroxyl groups is 1. The molecule has 2 fully saturated rings. The van der Waals surface area contributed by atoms with E-state index in [9.17, 15) is 5.11 Å². The van der Waals surface area contributed by atoms with E-state index in [2.05, 4.69) is 53.5 Å². The summed E-state index contributed by atoms with van der Waals surface area (Å²) in [7, 11) is 2.10. The number of likely N-dealkylation sites (N-methyl/N-ethyl adjacent to an activating group) is 1. The highest BCUT2D eigenvalue weighted by molar-refractivity contribution is 5.26. The van der Waals surface area contributed by atoms with E-state index in [1.54, 1.807) is 0 Å². The predicted molar refractivity (Wildman–Crippen MR) is 64.4 cm³/mol. The van der Waals surface area contributed by atoms with Crippen molar-refractivity contribution in [3.05, 3.63) is 0 Å². The van der Waals surface area contributed by atoms with Crippen molar-refractivity contribution in [3.63, 3.8) is 0 Å². The second-order valence-electron chi connectivity index (χ2n) is 6.91. The van der Waals surface area contributed by atoms with Gasteiger partial charge in [0.15, 0.2) is 0 Å². The van der Waals surface area contributed by atoms with E-state index in [4.69, 9.17) is 4.74 Å². The van der Waals surface area contributed by atoms with Gasteiger partial charge >= 0.3 is 0 Å². The molecule has 4 atom stereocenters. The Kier molecular flexibility index (Phi) is 2.32. The first-order valence-corrected chi connectivity index (χ1v) is 6.16. The largest absolute Gasteiger partial charge is 0.388 e. The number of morpholine rings is 1. The molecule has 1 N–H and O–H groups in total. The summed E-state index contributed by atoms with van der Waals surface area (Å²) in [5.74, 6) is 0. The topological polar surface area (TPSA) is 32.7 Å². The van der Waals surface area contributed by atoms with Crippen molar-refractivity contribution in [1.29, 1.82) is 0 Å². The maximum absolute atomic E-state index is 10.6. The van der Waals surface area contributed by atoms with Gasteiger partial charge in [-0.25, -0.2) is 0 Å². The number of nitrogens with zero attached hydrogens (tertiary/aromatic N) is 1. The Morgan fingerprint density at radius 3 is 2.06 bits per heavy atom. The van der Waals surface area contributed by atoms with Gasteiger partial charge in [-0.05, 0) is 33.2 Å². The molecule has 0 aromatic rings. The van der Waals surface area contributed by atoms with Gasteiger partial charge in [-0.2, -0.15) is 0 Å². The Morgan fingerprint density at radius 1 is 1.25 bits per heavy atom. The van der Waals surface area contributed by atoms with Crippen LogP contribution in [0.4, 0.5) is 0 Å². The normalized spacial score (nSPS) is 47.6. The average Bonchev–Trinajstić information content (AvgIpc) is 2.42. The highest BCUT2D eigenvalue weighted by atomic mass is 16.5. The molecule has 2 rings (SSSR count). The van der Waals surface area contributed by atoms with Crippen molar-refractivity contribution in [2.75, 3.05) is 7.05 Å². The Hall–Kier alpha value is -0.120. The first-order valence-electron chi connectivity index (χ1n) is 6.16. The number of ether oxygens (including phenoxy) is 1. The van der Waals surface area contributed by atoms with Crippen LogP contribution >= 0.6 is 0 Å². The lowest BCUT2D eigenvalue weighted by molar-refractivity contribution is -0.211. The van der Waals surface area contributed by atoms with Crippen molar-refractivity contribution in [2.45, 2.75) is 70.9 Å². The monoisotopic (exact) mass is 227 g/mol. The SMILES string of the molecule is C[C@@H]1OC2(C(C)(C)C)C(O)[C@H]1N(C)C2(C)C. The summed E-state index contributed by atoms with van der Waals surface area (Å²) in [6.07, 6.45) is -0.297. The summed E-state index contributed by atoms with van der Waals surface area (Å²) >= 11 is 0. The summed E-state index contributed by atoms with van der Waals surface area (Å²) in [4.78, 5) is 2.29. The molecule has 2 heterocycles. The van der Waals surface area contributed by atoms with E-state index in [-0.39, 0.29) is 23.1 Å². The summed E-state index contributed by atoms with van der Waals surface area (Å²) in [6, 6.07) is 0.120. The highest BCUT2D eigenvalue weighted by Gasteiger charge is 2.74. The third-order valence-electron chi connectivity index (χ3n) is 4.94. The molecule has 2 unspecified atom stereocenters. The van der Waals surface area contributed by atoms with E-state index < -0.39 is 11.7 Å². The van der Waals surface area contributed by atoms with Crippen LogP contribution in [-0.2, 0) is 4.74 Å². The van der Waals surface area contributed by atoms with Crippen molar-refractivity contribution >= 4 is 0 Å². The number of fused-ring (bicyclic) bond motifs is 2. The lowest BCUT2D eigenvalue weighted by Gasteiger charge is -2.54. The molecule has 3 nitrogen and oxygen atoms in total. The van der Waals surface area contributed by atoms with Gasteiger partial charge in [-0.1, -0.05) is 20.8 Å². The molecule has 16 heavy (non-hydrogen) atoms. The third kappa shape index (κ3) is 1.05. The molecule has 0 saturated carbocycles. The molecule has 2 aliphatic rings. The molecule has 0 radical (unpaired) electrons. The summed E-state index contributed by atoms with van der Waals surface area (Å²) in [6.45, 7) is 12.9. The van der Waals surface area contributed by atoms with Crippen LogP contribution in [0.15, 0.2) is 0 Å². The van der Waals surface area contributed by atoms with E-state index in [1.807, 2.05) is 0 Å². The van der Waals surface area contributed by atoms with E-state index in [0.717, 1.165) is 0 Å². The maximum Gasteiger partial charge on any atom is 0.118 e. The fourth-order valence-electron chi connectivity index (χ4n) is 4.14. The van der Waals surface area contributed by atoms with Gasteiger partial charge in [0.2, 0.25) is 0 Å². The smallest absolute Gasteiger partial charge is 0.118 e.